The van der Waals surface area contributed by atoms with Gasteiger partial charge in [0, 0.05) is 30.6 Å². The molecule has 2 N–H and O–H groups in total. The van der Waals surface area contributed by atoms with Gasteiger partial charge in [0.05, 0.1) is 27.4 Å². The van der Waals surface area contributed by atoms with E-state index in [2.05, 4.69) is 38.0 Å². The van der Waals surface area contributed by atoms with Crippen LogP contribution in [0.2, 0.25) is 0 Å². The van der Waals surface area contributed by atoms with Crippen LogP contribution in [0, 0.1) is 0 Å². The molecule has 8 heteroatoms. The quantitative estimate of drug-likeness (QED) is 0.468. The number of ether oxygens (including phenoxy) is 3. The first-order valence-electron chi connectivity index (χ1n) is 10.2. The van der Waals surface area contributed by atoms with Gasteiger partial charge in [0.25, 0.3) is 0 Å². The molecule has 1 atom stereocenters. The number of hydrogen-bond acceptors (Lipinski definition) is 6. The number of hydrogen-bond donors (Lipinski definition) is 2. The molecule has 2 heterocycles. The lowest BCUT2D eigenvalue weighted by Crippen LogP contribution is -2.42. The van der Waals surface area contributed by atoms with Crippen molar-refractivity contribution in [1.29, 1.82) is 0 Å². The van der Waals surface area contributed by atoms with Crippen LogP contribution < -0.4 is 24.8 Å². The zero-order valence-corrected chi connectivity index (χ0v) is 19.1. The highest BCUT2D eigenvalue weighted by Gasteiger charge is 2.24. The van der Waals surface area contributed by atoms with Crippen LogP contribution in [0.15, 0.2) is 34.6 Å². The maximum Gasteiger partial charge on any atom is 0.203 e. The molecular formula is C22H32N4O3S. The van der Waals surface area contributed by atoms with E-state index < -0.39 is 0 Å². The SMILES string of the molecule is CN=C(NCc1ccc(OC)c(OC)c1OC)NCC(c1cccs1)N1CCCC1. The second-order valence-electron chi connectivity index (χ2n) is 7.07. The molecule has 164 valence electrons. The van der Waals surface area contributed by atoms with E-state index in [1.54, 1.807) is 28.4 Å². The van der Waals surface area contributed by atoms with Crippen LogP contribution in [-0.4, -0.2) is 58.9 Å². The Hall–Kier alpha value is -2.45. The molecule has 1 unspecified atom stereocenters. The Bertz CT molecular complexity index is 820. The van der Waals surface area contributed by atoms with Crippen molar-refractivity contribution in [3.05, 3.63) is 40.1 Å². The van der Waals surface area contributed by atoms with E-state index in [1.807, 2.05) is 23.5 Å². The summed E-state index contributed by atoms with van der Waals surface area (Å²) in [6.45, 7) is 3.66. The summed E-state index contributed by atoms with van der Waals surface area (Å²) in [6.07, 6.45) is 2.54. The van der Waals surface area contributed by atoms with Gasteiger partial charge < -0.3 is 24.8 Å². The molecule has 7 nitrogen and oxygen atoms in total. The maximum absolute atomic E-state index is 5.58. The minimum Gasteiger partial charge on any atom is -0.493 e. The molecule has 0 saturated carbocycles. The fraction of sp³-hybridized carbons (Fsp3) is 0.500. The van der Waals surface area contributed by atoms with Crippen molar-refractivity contribution < 1.29 is 14.2 Å². The third-order valence-corrected chi connectivity index (χ3v) is 6.35. The third kappa shape index (κ3) is 5.17. The van der Waals surface area contributed by atoms with Crippen LogP contribution in [0.1, 0.15) is 29.3 Å². The summed E-state index contributed by atoms with van der Waals surface area (Å²) in [5.41, 5.74) is 0.965. The number of aliphatic imine (C=N–C) groups is 1. The highest BCUT2D eigenvalue weighted by atomic mass is 32.1. The van der Waals surface area contributed by atoms with Gasteiger partial charge in [-0.25, -0.2) is 0 Å². The number of nitrogens with zero attached hydrogens (tertiary/aromatic N) is 2. The maximum atomic E-state index is 5.58. The number of guanidine groups is 1. The number of likely N-dealkylation sites (tertiary alicyclic amines) is 1. The van der Waals surface area contributed by atoms with Crippen molar-refractivity contribution in [3.8, 4) is 17.2 Å². The first-order valence-corrected chi connectivity index (χ1v) is 11.1. The molecule has 0 amide bonds. The largest absolute Gasteiger partial charge is 0.493 e. The molecule has 1 aliphatic heterocycles. The Labute approximate surface area is 183 Å². The lowest BCUT2D eigenvalue weighted by atomic mass is 10.1. The molecule has 1 aliphatic rings. The molecule has 30 heavy (non-hydrogen) atoms. The second-order valence-corrected chi connectivity index (χ2v) is 8.05. The molecule has 1 fully saturated rings. The molecular weight excluding hydrogens is 400 g/mol. The highest BCUT2D eigenvalue weighted by Crippen LogP contribution is 2.39. The molecule has 1 aromatic heterocycles. The standard InChI is InChI=1S/C22H32N4O3S/c1-23-22(24-14-16-9-10-18(27-2)21(29-4)20(16)28-3)25-15-17(19-8-7-13-30-19)26-11-5-6-12-26/h7-10,13,17H,5-6,11-12,14-15H2,1-4H3,(H2,23,24,25). The highest BCUT2D eigenvalue weighted by molar-refractivity contribution is 7.10. The van der Waals surface area contributed by atoms with Gasteiger partial charge in [0.2, 0.25) is 5.75 Å². The summed E-state index contributed by atoms with van der Waals surface area (Å²) in [6, 6.07) is 8.56. The van der Waals surface area contributed by atoms with E-state index in [0.717, 1.165) is 31.2 Å². The van der Waals surface area contributed by atoms with E-state index in [4.69, 9.17) is 14.2 Å². The normalized spacial score (nSPS) is 15.7. The van der Waals surface area contributed by atoms with Gasteiger partial charge in [0.15, 0.2) is 17.5 Å². The molecule has 1 aromatic carbocycles. The molecule has 0 spiro atoms. The van der Waals surface area contributed by atoms with Crippen molar-refractivity contribution in [1.82, 2.24) is 15.5 Å². The van der Waals surface area contributed by atoms with Crippen molar-refractivity contribution in [2.45, 2.75) is 25.4 Å². The van der Waals surface area contributed by atoms with Gasteiger partial charge in [-0.15, -0.1) is 11.3 Å². The summed E-state index contributed by atoms with van der Waals surface area (Å²) in [5.74, 6) is 2.65. The van der Waals surface area contributed by atoms with E-state index in [9.17, 15) is 0 Å². The summed E-state index contributed by atoms with van der Waals surface area (Å²) < 4.78 is 16.4. The first-order chi connectivity index (χ1) is 14.7. The summed E-state index contributed by atoms with van der Waals surface area (Å²) >= 11 is 1.82. The van der Waals surface area contributed by atoms with Gasteiger partial charge in [-0.05, 0) is 49.5 Å². The zero-order chi connectivity index (χ0) is 21.3. The predicted octanol–water partition coefficient (Wildman–Crippen LogP) is 3.28. The summed E-state index contributed by atoms with van der Waals surface area (Å²) in [4.78, 5) is 8.35. The van der Waals surface area contributed by atoms with Crippen LogP contribution in [0.4, 0.5) is 0 Å². The molecule has 2 aromatic rings. The van der Waals surface area contributed by atoms with E-state index >= 15 is 0 Å². The van der Waals surface area contributed by atoms with Crippen molar-refractivity contribution >= 4 is 17.3 Å². The average Bonchev–Trinajstić information content (AvgIpc) is 3.50. The molecule has 0 aliphatic carbocycles. The second kappa shape index (κ2) is 11.1. The van der Waals surface area contributed by atoms with Gasteiger partial charge in [-0.2, -0.15) is 0 Å². The van der Waals surface area contributed by atoms with Crippen molar-refractivity contribution in [2.75, 3.05) is 48.0 Å². The first kappa shape index (κ1) is 22.2. The third-order valence-electron chi connectivity index (χ3n) is 5.37. The minimum absolute atomic E-state index is 0.363. The average molecular weight is 433 g/mol. The van der Waals surface area contributed by atoms with Crippen molar-refractivity contribution in [3.63, 3.8) is 0 Å². The van der Waals surface area contributed by atoms with Crippen molar-refractivity contribution in [2.24, 2.45) is 4.99 Å². The Morgan fingerprint density at radius 2 is 1.83 bits per heavy atom. The molecule has 0 radical (unpaired) electrons. The Balaban J connectivity index is 1.65. The summed E-state index contributed by atoms with van der Waals surface area (Å²) in [7, 11) is 6.65. The number of rotatable bonds is 9. The molecule has 0 bridgehead atoms. The number of thiophene rings is 1. The van der Waals surface area contributed by atoms with Gasteiger partial charge >= 0.3 is 0 Å². The van der Waals surface area contributed by atoms with Gasteiger partial charge in [-0.1, -0.05) is 6.07 Å². The minimum atomic E-state index is 0.363. The van der Waals surface area contributed by atoms with Crippen LogP contribution in [-0.2, 0) is 6.54 Å². The Morgan fingerprint density at radius 3 is 2.43 bits per heavy atom. The molecule has 3 rings (SSSR count). The van der Waals surface area contributed by atoms with E-state index in [0.29, 0.717) is 29.8 Å². The fourth-order valence-electron chi connectivity index (χ4n) is 3.84. The monoisotopic (exact) mass is 432 g/mol. The number of nitrogens with one attached hydrogen (secondary N) is 2. The Kier molecular flexibility index (Phi) is 8.21. The smallest absolute Gasteiger partial charge is 0.203 e. The predicted molar refractivity (Wildman–Crippen MR) is 122 cm³/mol. The van der Waals surface area contributed by atoms with Gasteiger partial charge in [0.1, 0.15) is 0 Å². The molecule has 1 saturated heterocycles. The summed E-state index contributed by atoms with van der Waals surface area (Å²) in [5, 5.41) is 9.04. The lowest BCUT2D eigenvalue weighted by Gasteiger charge is -2.27. The Morgan fingerprint density at radius 1 is 1.07 bits per heavy atom. The number of methoxy groups -OCH3 is 3. The fourth-order valence-corrected chi connectivity index (χ4v) is 4.70. The van der Waals surface area contributed by atoms with E-state index in [-0.39, 0.29) is 0 Å². The van der Waals surface area contributed by atoms with Crippen LogP contribution >= 0.6 is 11.3 Å². The topological polar surface area (TPSA) is 67.4 Å². The van der Waals surface area contributed by atoms with Crippen LogP contribution in [0.5, 0.6) is 17.2 Å². The zero-order valence-electron chi connectivity index (χ0n) is 18.2. The van der Waals surface area contributed by atoms with Crippen LogP contribution in [0.3, 0.4) is 0 Å². The van der Waals surface area contributed by atoms with Crippen LogP contribution in [0.25, 0.3) is 0 Å². The van der Waals surface area contributed by atoms with E-state index in [1.165, 1.54) is 17.7 Å². The lowest BCUT2D eigenvalue weighted by molar-refractivity contribution is 0.249. The number of benzene rings is 1. The van der Waals surface area contributed by atoms with Gasteiger partial charge in [-0.3, -0.25) is 9.89 Å².